The third-order valence-corrected chi connectivity index (χ3v) is 8.41. The lowest BCUT2D eigenvalue weighted by Crippen LogP contribution is -2.53. The van der Waals surface area contributed by atoms with E-state index < -0.39 is 28.5 Å². The monoisotopic (exact) mass is 599 g/mol. The number of nitrogens with zero attached hydrogens (tertiary/aromatic N) is 2. The fraction of sp³-hybridized carbons (Fsp3) is 0.310. The number of benzene rings is 3. The van der Waals surface area contributed by atoms with Gasteiger partial charge in [-0.25, -0.2) is 8.42 Å². The highest BCUT2D eigenvalue weighted by atomic mass is 79.9. The standard InChI is InChI=1S/C29H34BrN3O4S/c1-5-27(29(35)31-21(2)3)32(19-23-13-10-9-12-22(23)4)28(34)20-33(25-15-11-14-24(30)18-25)38(36,37)26-16-7-6-8-17-26/h6-18,21,27H,5,19-20H2,1-4H3,(H,31,35)/t27-/m1/s1. The molecule has 9 heteroatoms. The highest BCUT2D eigenvalue weighted by molar-refractivity contribution is 9.10. The Morgan fingerprint density at radius 2 is 1.61 bits per heavy atom. The van der Waals surface area contributed by atoms with Gasteiger partial charge in [-0.3, -0.25) is 13.9 Å². The van der Waals surface area contributed by atoms with Crippen LogP contribution in [-0.2, 0) is 26.2 Å². The molecule has 0 unspecified atom stereocenters. The van der Waals surface area contributed by atoms with Gasteiger partial charge in [0.15, 0.2) is 0 Å². The molecule has 0 aliphatic heterocycles. The summed E-state index contributed by atoms with van der Waals surface area (Å²) in [5.74, 6) is -0.747. The van der Waals surface area contributed by atoms with Gasteiger partial charge >= 0.3 is 0 Å². The van der Waals surface area contributed by atoms with Gasteiger partial charge in [-0.15, -0.1) is 0 Å². The molecule has 3 aromatic carbocycles. The zero-order valence-corrected chi connectivity index (χ0v) is 24.5. The molecule has 0 radical (unpaired) electrons. The number of sulfonamides is 1. The van der Waals surface area contributed by atoms with E-state index in [4.69, 9.17) is 0 Å². The van der Waals surface area contributed by atoms with Crippen LogP contribution in [0.3, 0.4) is 0 Å². The summed E-state index contributed by atoms with van der Waals surface area (Å²) in [4.78, 5) is 28.8. The van der Waals surface area contributed by atoms with Crippen LogP contribution in [0.5, 0.6) is 0 Å². The Bertz CT molecular complexity index is 1360. The van der Waals surface area contributed by atoms with Crippen molar-refractivity contribution < 1.29 is 18.0 Å². The molecule has 0 fully saturated rings. The number of rotatable bonds is 11. The average molecular weight is 601 g/mol. The molecule has 0 bridgehead atoms. The van der Waals surface area contributed by atoms with Crippen LogP contribution in [0, 0.1) is 6.92 Å². The van der Waals surface area contributed by atoms with Crippen molar-refractivity contribution in [3.8, 4) is 0 Å². The predicted octanol–water partition coefficient (Wildman–Crippen LogP) is 5.28. The summed E-state index contributed by atoms with van der Waals surface area (Å²) >= 11 is 3.41. The van der Waals surface area contributed by atoms with E-state index in [9.17, 15) is 18.0 Å². The molecule has 1 N–H and O–H groups in total. The Labute approximate surface area is 234 Å². The van der Waals surface area contributed by atoms with Crippen LogP contribution in [-0.4, -0.2) is 43.8 Å². The third kappa shape index (κ3) is 7.23. The van der Waals surface area contributed by atoms with Gasteiger partial charge < -0.3 is 10.2 Å². The SMILES string of the molecule is CC[C@H](C(=O)NC(C)C)N(Cc1ccccc1C)C(=O)CN(c1cccc(Br)c1)S(=O)(=O)c1ccccc1. The summed E-state index contributed by atoms with van der Waals surface area (Å²) in [5, 5.41) is 2.91. The minimum absolute atomic E-state index is 0.0721. The normalized spacial score (nSPS) is 12.2. The largest absolute Gasteiger partial charge is 0.352 e. The second kappa shape index (κ2) is 13.1. The maximum absolute atomic E-state index is 14.0. The van der Waals surface area contributed by atoms with E-state index >= 15 is 0 Å². The first kappa shape index (κ1) is 29.4. The smallest absolute Gasteiger partial charge is 0.264 e. The second-order valence-electron chi connectivity index (χ2n) is 9.34. The molecule has 0 spiro atoms. The molecule has 202 valence electrons. The van der Waals surface area contributed by atoms with Crippen LogP contribution in [0.1, 0.15) is 38.3 Å². The van der Waals surface area contributed by atoms with Crippen LogP contribution in [0.15, 0.2) is 88.2 Å². The van der Waals surface area contributed by atoms with E-state index in [2.05, 4.69) is 21.2 Å². The molecule has 7 nitrogen and oxygen atoms in total. The lowest BCUT2D eigenvalue weighted by Gasteiger charge is -2.34. The van der Waals surface area contributed by atoms with Crippen LogP contribution >= 0.6 is 15.9 Å². The van der Waals surface area contributed by atoms with Gasteiger partial charge in [-0.05, 0) is 68.7 Å². The fourth-order valence-corrected chi connectivity index (χ4v) is 5.97. The van der Waals surface area contributed by atoms with Gasteiger partial charge in [0, 0.05) is 17.1 Å². The summed E-state index contributed by atoms with van der Waals surface area (Å²) in [6.07, 6.45) is 0.374. The summed E-state index contributed by atoms with van der Waals surface area (Å²) in [6, 6.07) is 21.6. The number of hydrogen-bond donors (Lipinski definition) is 1. The summed E-state index contributed by atoms with van der Waals surface area (Å²) < 4.78 is 29.4. The Hall–Kier alpha value is -3.17. The number of carbonyl (C=O) groups is 2. The highest BCUT2D eigenvalue weighted by Gasteiger charge is 2.34. The van der Waals surface area contributed by atoms with Gasteiger partial charge in [-0.2, -0.15) is 0 Å². The number of aryl methyl sites for hydroxylation is 1. The first-order valence-corrected chi connectivity index (χ1v) is 14.8. The van der Waals surface area contributed by atoms with Crippen LogP contribution < -0.4 is 9.62 Å². The number of nitrogens with one attached hydrogen (secondary N) is 1. The van der Waals surface area contributed by atoms with Crippen molar-refractivity contribution in [2.24, 2.45) is 0 Å². The zero-order chi connectivity index (χ0) is 27.9. The molecule has 0 aromatic heterocycles. The van der Waals surface area contributed by atoms with Gasteiger partial charge in [0.2, 0.25) is 11.8 Å². The van der Waals surface area contributed by atoms with Gasteiger partial charge in [0.25, 0.3) is 10.0 Å². The molecule has 0 saturated carbocycles. The van der Waals surface area contributed by atoms with Crippen molar-refractivity contribution >= 4 is 43.5 Å². The van der Waals surface area contributed by atoms with Crippen molar-refractivity contribution in [2.45, 2.75) is 57.6 Å². The Morgan fingerprint density at radius 1 is 0.947 bits per heavy atom. The number of amides is 2. The quantitative estimate of drug-likeness (QED) is 0.324. The van der Waals surface area contributed by atoms with E-state index in [0.717, 1.165) is 15.4 Å². The van der Waals surface area contributed by atoms with E-state index in [-0.39, 0.29) is 23.4 Å². The molecule has 0 aliphatic carbocycles. The van der Waals surface area contributed by atoms with Crippen molar-refractivity contribution in [1.82, 2.24) is 10.2 Å². The summed E-state index contributed by atoms with van der Waals surface area (Å²) in [7, 11) is -4.09. The molecule has 3 rings (SSSR count). The van der Waals surface area contributed by atoms with Gasteiger partial charge in [-0.1, -0.05) is 71.4 Å². The topological polar surface area (TPSA) is 86.8 Å². The lowest BCUT2D eigenvalue weighted by atomic mass is 10.1. The molecule has 0 aliphatic rings. The zero-order valence-electron chi connectivity index (χ0n) is 22.1. The Kier molecular flexibility index (Phi) is 10.1. The van der Waals surface area contributed by atoms with Crippen molar-refractivity contribution in [2.75, 3.05) is 10.8 Å². The molecular formula is C29H34BrN3O4S. The molecule has 3 aromatic rings. The van der Waals surface area contributed by atoms with Gasteiger partial charge in [0.1, 0.15) is 12.6 Å². The van der Waals surface area contributed by atoms with Crippen LogP contribution in [0.4, 0.5) is 5.69 Å². The van der Waals surface area contributed by atoms with E-state index in [0.29, 0.717) is 16.6 Å². The van der Waals surface area contributed by atoms with Crippen LogP contribution in [0.25, 0.3) is 0 Å². The minimum Gasteiger partial charge on any atom is -0.352 e. The molecule has 0 saturated heterocycles. The summed E-state index contributed by atoms with van der Waals surface area (Å²) in [6.45, 7) is 7.22. The van der Waals surface area contributed by atoms with Crippen molar-refractivity contribution in [3.63, 3.8) is 0 Å². The number of carbonyl (C=O) groups excluding carboxylic acids is 2. The number of anilines is 1. The van der Waals surface area contributed by atoms with E-state index in [1.807, 2.05) is 52.0 Å². The minimum atomic E-state index is -4.09. The molecule has 38 heavy (non-hydrogen) atoms. The van der Waals surface area contributed by atoms with Gasteiger partial charge in [0.05, 0.1) is 10.6 Å². The first-order valence-electron chi connectivity index (χ1n) is 12.5. The molecular weight excluding hydrogens is 566 g/mol. The highest BCUT2D eigenvalue weighted by Crippen LogP contribution is 2.27. The molecule has 2 amide bonds. The van der Waals surface area contributed by atoms with E-state index in [1.165, 1.54) is 17.0 Å². The van der Waals surface area contributed by atoms with Crippen molar-refractivity contribution in [1.29, 1.82) is 0 Å². The van der Waals surface area contributed by atoms with E-state index in [1.54, 1.807) is 42.5 Å². The maximum atomic E-state index is 14.0. The third-order valence-electron chi connectivity index (χ3n) is 6.13. The van der Waals surface area contributed by atoms with Crippen molar-refractivity contribution in [3.05, 3.63) is 94.5 Å². The Morgan fingerprint density at radius 3 is 2.21 bits per heavy atom. The fourth-order valence-electron chi connectivity index (χ4n) is 4.15. The lowest BCUT2D eigenvalue weighted by molar-refractivity contribution is -0.140. The number of hydrogen-bond acceptors (Lipinski definition) is 4. The maximum Gasteiger partial charge on any atom is 0.264 e. The first-order chi connectivity index (χ1) is 18.0. The second-order valence-corrected chi connectivity index (χ2v) is 12.1. The summed E-state index contributed by atoms with van der Waals surface area (Å²) in [5.41, 5.74) is 2.20. The molecule has 0 heterocycles. The average Bonchev–Trinajstić information content (AvgIpc) is 2.88. The Balaban J connectivity index is 2.07. The number of halogens is 1. The predicted molar refractivity (Wildman–Crippen MR) is 154 cm³/mol. The molecule has 1 atom stereocenters. The van der Waals surface area contributed by atoms with Crippen LogP contribution in [0.2, 0.25) is 0 Å².